The van der Waals surface area contributed by atoms with Gasteiger partial charge in [0.05, 0.1) is 17.2 Å². The third-order valence-electron chi connectivity index (χ3n) is 3.67. The number of thiol groups is 1. The topological polar surface area (TPSA) is 43.6 Å². The molecule has 3 aromatic rings. The highest BCUT2D eigenvalue weighted by Gasteiger charge is 2.14. The van der Waals surface area contributed by atoms with E-state index in [1.807, 2.05) is 24.5 Å². The zero-order valence-corrected chi connectivity index (χ0v) is 13.2. The van der Waals surface area contributed by atoms with Crippen molar-refractivity contribution in [2.24, 2.45) is 0 Å². The zero-order valence-electron chi connectivity index (χ0n) is 12.3. The van der Waals surface area contributed by atoms with Gasteiger partial charge in [0, 0.05) is 19.2 Å². The van der Waals surface area contributed by atoms with Crippen molar-refractivity contribution in [2.75, 3.05) is 5.75 Å². The van der Waals surface area contributed by atoms with Crippen molar-refractivity contribution in [2.45, 2.75) is 39.2 Å². The third kappa shape index (κ3) is 2.75. The summed E-state index contributed by atoms with van der Waals surface area (Å²) in [6.45, 7) is 3.16. The summed E-state index contributed by atoms with van der Waals surface area (Å²) in [6.07, 6.45) is 8.01. The zero-order chi connectivity index (χ0) is 14.7. The van der Waals surface area contributed by atoms with Crippen LogP contribution in [0.4, 0.5) is 0 Å². The molecule has 0 aliphatic heterocycles. The van der Waals surface area contributed by atoms with E-state index in [2.05, 4.69) is 34.1 Å². The minimum absolute atomic E-state index is 0.927. The Hall–Kier alpha value is -1.62. The largest absolute Gasteiger partial charge is 0.326 e. The van der Waals surface area contributed by atoms with E-state index in [1.165, 1.54) is 0 Å². The van der Waals surface area contributed by atoms with Crippen molar-refractivity contribution in [3.8, 4) is 0 Å². The number of hydrogen-bond acceptors (Lipinski definition) is 4. The first kappa shape index (κ1) is 14.3. The fourth-order valence-electron chi connectivity index (χ4n) is 2.71. The fourth-order valence-corrected chi connectivity index (χ4v) is 2.93. The Balaban J connectivity index is 2.17. The summed E-state index contributed by atoms with van der Waals surface area (Å²) in [6, 6.07) is 3.93. The summed E-state index contributed by atoms with van der Waals surface area (Å²) in [7, 11) is 0. The summed E-state index contributed by atoms with van der Waals surface area (Å²) in [4.78, 5) is 13.8. The van der Waals surface area contributed by atoms with E-state index >= 15 is 0 Å². The molecule has 110 valence electrons. The van der Waals surface area contributed by atoms with Gasteiger partial charge in [-0.1, -0.05) is 6.92 Å². The van der Waals surface area contributed by atoms with Gasteiger partial charge >= 0.3 is 0 Å². The maximum atomic E-state index is 4.77. The SMILES string of the molecule is CCCc1nc2cnc3cccnc3c2n1CCCCS. The van der Waals surface area contributed by atoms with Crippen molar-refractivity contribution in [3.05, 3.63) is 30.4 Å². The van der Waals surface area contributed by atoms with Crippen LogP contribution in [0.1, 0.15) is 32.0 Å². The number of aromatic nitrogens is 4. The Morgan fingerprint density at radius 3 is 2.90 bits per heavy atom. The second-order valence-electron chi connectivity index (χ2n) is 5.22. The third-order valence-corrected chi connectivity index (χ3v) is 3.99. The Labute approximate surface area is 130 Å². The van der Waals surface area contributed by atoms with Crippen LogP contribution in [-0.4, -0.2) is 25.3 Å². The first-order chi connectivity index (χ1) is 10.3. The molecule has 0 unspecified atom stereocenters. The molecule has 0 saturated carbocycles. The Bertz CT molecular complexity index is 750. The molecule has 3 heterocycles. The highest BCUT2D eigenvalue weighted by molar-refractivity contribution is 7.80. The first-order valence-corrected chi connectivity index (χ1v) is 8.18. The van der Waals surface area contributed by atoms with Gasteiger partial charge in [0.25, 0.3) is 0 Å². The molecule has 0 atom stereocenters. The van der Waals surface area contributed by atoms with Gasteiger partial charge in [-0.3, -0.25) is 9.97 Å². The molecule has 21 heavy (non-hydrogen) atoms. The molecule has 0 amide bonds. The maximum Gasteiger partial charge on any atom is 0.115 e. The molecule has 0 aliphatic carbocycles. The van der Waals surface area contributed by atoms with E-state index in [0.717, 1.165) is 65.9 Å². The van der Waals surface area contributed by atoms with Gasteiger partial charge in [-0.25, -0.2) is 4.98 Å². The van der Waals surface area contributed by atoms with Crippen LogP contribution in [0, 0.1) is 0 Å². The summed E-state index contributed by atoms with van der Waals surface area (Å²) in [5.41, 5.74) is 3.97. The van der Waals surface area contributed by atoms with Crippen LogP contribution in [0.2, 0.25) is 0 Å². The van der Waals surface area contributed by atoms with Gasteiger partial charge in [-0.15, -0.1) is 0 Å². The van der Waals surface area contributed by atoms with E-state index in [1.54, 1.807) is 0 Å². The highest BCUT2D eigenvalue weighted by Crippen LogP contribution is 2.24. The number of fused-ring (bicyclic) bond motifs is 3. The number of nitrogens with zero attached hydrogens (tertiary/aromatic N) is 4. The van der Waals surface area contributed by atoms with Crippen molar-refractivity contribution in [3.63, 3.8) is 0 Å². The second kappa shape index (κ2) is 6.43. The smallest absolute Gasteiger partial charge is 0.115 e. The van der Waals surface area contributed by atoms with Crippen LogP contribution >= 0.6 is 12.6 Å². The van der Waals surface area contributed by atoms with Crippen molar-refractivity contribution in [1.82, 2.24) is 19.5 Å². The van der Waals surface area contributed by atoms with Crippen molar-refractivity contribution >= 4 is 34.7 Å². The first-order valence-electron chi connectivity index (χ1n) is 7.55. The van der Waals surface area contributed by atoms with E-state index in [4.69, 9.17) is 4.98 Å². The van der Waals surface area contributed by atoms with Crippen molar-refractivity contribution in [1.29, 1.82) is 0 Å². The predicted molar refractivity (Wildman–Crippen MR) is 89.9 cm³/mol. The average Bonchev–Trinajstić information content (AvgIpc) is 2.86. The van der Waals surface area contributed by atoms with E-state index in [-0.39, 0.29) is 0 Å². The van der Waals surface area contributed by atoms with Crippen LogP contribution in [-0.2, 0) is 13.0 Å². The standard InChI is InChI=1S/C16H20N4S/c1-2-6-14-19-13-11-18-12-7-5-8-17-15(12)16(13)20(14)9-3-4-10-21/h5,7-8,11,21H,2-4,6,9-10H2,1H3. The van der Waals surface area contributed by atoms with Crippen LogP contribution < -0.4 is 0 Å². The Morgan fingerprint density at radius 1 is 1.19 bits per heavy atom. The van der Waals surface area contributed by atoms with E-state index in [9.17, 15) is 0 Å². The van der Waals surface area contributed by atoms with Crippen LogP contribution in [0.5, 0.6) is 0 Å². The lowest BCUT2D eigenvalue weighted by atomic mass is 10.2. The van der Waals surface area contributed by atoms with E-state index < -0.39 is 0 Å². The molecule has 0 spiro atoms. The molecule has 4 nitrogen and oxygen atoms in total. The van der Waals surface area contributed by atoms with Gasteiger partial charge < -0.3 is 4.57 Å². The molecule has 5 heteroatoms. The summed E-state index contributed by atoms with van der Waals surface area (Å²) < 4.78 is 2.33. The van der Waals surface area contributed by atoms with Gasteiger partial charge in [-0.2, -0.15) is 12.6 Å². The number of aryl methyl sites for hydroxylation is 2. The highest BCUT2D eigenvalue weighted by atomic mass is 32.1. The van der Waals surface area contributed by atoms with Gasteiger partial charge in [0.2, 0.25) is 0 Å². The minimum atomic E-state index is 0.927. The molecule has 0 aliphatic rings. The lowest BCUT2D eigenvalue weighted by Gasteiger charge is -2.09. The molecule has 3 aromatic heterocycles. The lowest BCUT2D eigenvalue weighted by Crippen LogP contribution is -2.05. The molecule has 0 radical (unpaired) electrons. The minimum Gasteiger partial charge on any atom is -0.326 e. The van der Waals surface area contributed by atoms with Crippen LogP contribution in [0.15, 0.2) is 24.5 Å². The molecule has 3 rings (SSSR count). The molecule has 0 saturated heterocycles. The molecule has 0 aromatic carbocycles. The fraction of sp³-hybridized carbons (Fsp3) is 0.438. The summed E-state index contributed by atoms with van der Waals surface area (Å²) in [5.74, 6) is 2.07. The van der Waals surface area contributed by atoms with Crippen LogP contribution in [0.25, 0.3) is 22.1 Å². The number of rotatable bonds is 6. The van der Waals surface area contributed by atoms with Crippen molar-refractivity contribution < 1.29 is 0 Å². The van der Waals surface area contributed by atoms with Crippen LogP contribution in [0.3, 0.4) is 0 Å². The lowest BCUT2D eigenvalue weighted by molar-refractivity contribution is 0.615. The quantitative estimate of drug-likeness (QED) is 0.558. The monoisotopic (exact) mass is 300 g/mol. The molecular weight excluding hydrogens is 280 g/mol. The maximum absolute atomic E-state index is 4.77. The van der Waals surface area contributed by atoms with Gasteiger partial charge in [0.15, 0.2) is 0 Å². The summed E-state index contributed by atoms with van der Waals surface area (Å²) >= 11 is 4.30. The molecular formula is C16H20N4S. The molecule has 0 bridgehead atoms. The van der Waals surface area contributed by atoms with Gasteiger partial charge in [0.1, 0.15) is 16.9 Å². The second-order valence-corrected chi connectivity index (χ2v) is 5.67. The van der Waals surface area contributed by atoms with Gasteiger partial charge in [-0.05, 0) is 37.1 Å². The summed E-state index contributed by atoms with van der Waals surface area (Å²) in [5, 5.41) is 0. The Kier molecular flexibility index (Phi) is 4.39. The average molecular weight is 300 g/mol. The predicted octanol–water partition coefficient (Wildman–Crippen LogP) is 3.64. The molecule has 0 fully saturated rings. The normalized spacial score (nSPS) is 11.5. The number of pyridine rings is 2. The van der Waals surface area contributed by atoms with E-state index in [0.29, 0.717) is 0 Å². The molecule has 0 N–H and O–H groups in total. The Morgan fingerprint density at radius 2 is 2.10 bits per heavy atom. The number of unbranched alkanes of at least 4 members (excludes halogenated alkanes) is 1. The number of hydrogen-bond donors (Lipinski definition) is 1. The number of imidazole rings is 1.